The van der Waals surface area contributed by atoms with E-state index < -0.39 is 0 Å². The number of nitrogens with zero attached hydrogens (tertiary/aromatic N) is 3. The first-order chi connectivity index (χ1) is 28.6. The quantitative estimate of drug-likeness (QED) is 0.169. The lowest BCUT2D eigenvalue weighted by Crippen LogP contribution is -2.07. The third-order valence-electron chi connectivity index (χ3n) is 12.7. The van der Waals surface area contributed by atoms with Gasteiger partial charge >= 0.3 is 0 Å². The van der Waals surface area contributed by atoms with E-state index in [1.165, 1.54) is 104 Å². The maximum absolute atomic E-state index is 3.69. The predicted octanol–water partition coefficient (Wildman–Crippen LogP) is 14.4. The molecule has 3 heterocycles. The summed E-state index contributed by atoms with van der Waals surface area (Å²) in [6, 6.07) is 67.8. The Kier molecular flexibility index (Phi) is 6.70. The highest BCUT2D eigenvalue weighted by Crippen LogP contribution is 2.40. The molecule has 0 saturated heterocycles. The molecular formula is C54H34BrN3. The second-order valence-electron chi connectivity index (χ2n) is 15.9. The number of fused-ring (bicyclic) bond motifs is 12. The van der Waals surface area contributed by atoms with Crippen LogP contribution < -0.4 is 0 Å². The van der Waals surface area contributed by atoms with Crippen molar-refractivity contribution in [1.29, 1.82) is 0 Å². The van der Waals surface area contributed by atoms with Crippen LogP contribution in [0.25, 0.3) is 93.3 Å². The zero-order valence-electron chi connectivity index (χ0n) is 31.5. The Hall–Kier alpha value is -6.88. The van der Waals surface area contributed by atoms with Crippen LogP contribution in [0.15, 0.2) is 186 Å². The van der Waals surface area contributed by atoms with Crippen molar-refractivity contribution in [3.63, 3.8) is 0 Å². The molecule has 12 aromatic rings. The molecule has 0 aliphatic heterocycles. The summed E-state index contributed by atoms with van der Waals surface area (Å²) in [6.07, 6.45) is 1.93. The van der Waals surface area contributed by atoms with Gasteiger partial charge in [-0.05, 0) is 131 Å². The lowest BCUT2D eigenvalue weighted by atomic mass is 9.84. The van der Waals surface area contributed by atoms with Crippen molar-refractivity contribution in [3.8, 4) is 17.1 Å². The minimum Gasteiger partial charge on any atom is -0.309 e. The number of hydrogen-bond donors (Lipinski definition) is 0. The summed E-state index contributed by atoms with van der Waals surface area (Å²) in [6.45, 7) is 0. The van der Waals surface area contributed by atoms with E-state index in [9.17, 15) is 0 Å². The Bertz CT molecular complexity index is 3430. The van der Waals surface area contributed by atoms with E-state index in [0.717, 1.165) is 28.7 Å². The molecule has 1 aliphatic rings. The van der Waals surface area contributed by atoms with Gasteiger partial charge in [0.15, 0.2) is 0 Å². The van der Waals surface area contributed by atoms with Gasteiger partial charge in [0.25, 0.3) is 0 Å². The highest BCUT2D eigenvalue weighted by molar-refractivity contribution is 9.10. The molecule has 3 nitrogen and oxygen atoms in total. The van der Waals surface area contributed by atoms with E-state index in [2.05, 4.69) is 212 Å². The molecule has 3 aromatic heterocycles. The molecule has 13 rings (SSSR count). The van der Waals surface area contributed by atoms with Crippen molar-refractivity contribution < 1.29 is 0 Å². The van der Waals surface area contributed by atoms with Crippen molar-refractivity contribution >= 4 is 92.1 Å². The molecule has 0 atom stereocenters. The van der Waals surface area contributed by atoms with Crippen LogP contribution in [0.5, 0.6) is 0 Å². The van der Waals surface area contributed by atoms with Gasteiger partial charge in [-0.25, -0.2) is 0 Å². The van der Waals surface area contributed by atoms with Gasteiger partial charge in [-0.2, -0.15) is 0 Å². The number of halogens is 1. The molecule has 0 bridgehead atoms. The van der Waals surface area contributed by atoms with E-state index in [-0.39, 0.29) is 0 Å². The first kappa shape index (κ1) is 32.2. The standard InChI is InChI=1S/C54H34BrN3/c55-39-19-17-33-25-36-28-38-30-40(20-18-34(38)26-35(36)27-37(33)29-39)56-53-23-21-41(57-49-13-5-1-9-43(49)44-10-2-6-14-50(44)57)31-47(53)48-32-42(22-24-54(48)56)58-51-15-7-3-11-45(51)46-12-4-8-16-52(46)58/h1-24,26,28-32H,25,27H2. The lowest BCUT2D eigenvalue weighted by molar-refractivity contribution is 1.00. The smallest absolute Gasteiger partial charge is 0.0542 e. The first-order valence-electron chi connectivity index (χ1n) is 20.0. The van der Waals surface area contributed by atoms with Crippen LogP contribution in [0, 0.1) is 0 Å². The maximum atomic E-state index is 3.69. The number of hydrogen-bond acceptors (Lipinski definition) is 0. The Balaban J connectivity index is 1.06. The summed E-state index contributed by atoms with van der Waals surface area (Å²) in [5.74, 6) is 0. The third kappa shape index (κ3) is 4.61. The minimum atomic E-state index is 0.963. The highest BCUT2D eigenvalue weighted by Gasteiger charge is 2.20. The van der Waals surface area contributed by atoms with Gasteiger partial charge in [0, 0.05) is 53.9 Å². The molecule has 272 valence electrons. The highest BCUT2D eigenvalue weighted by atomic mass is 79.9. The molecule has 4 heteroatoms. The largest absolute Gasteiger partial charge is 0.309 e. The topological polar surface area (TPSA) is 14.8 Å². The third-order valence-corrected chi connectivity index (χ3v) is 13.2. The fourth-order valence-corrected chi connectivity index (χ4v) is 10.6. The van der Waals surface area contributed by atoms with Crippen molar-refractivity contribution in [2.24, 2.45) is 0 Å². The predicted molar refractivity (Wildman–Crippen MR) is 247 cm³/mol. The molecule has 1 aliphatic carbocycles. The monoisotopic (exact) mass is 803 g/mol. The van der Waals surface area contributed by atoms with Crippen molar-refractivity contribution in [1.82, 2.24) is 13.7 Å². The molecule has 58 heavy (non-hydrogen) atoms. The van der Waals surface area contributed by atoms with Crippen LogP contribution in [-0.2, 0) is 12.8 Å². The fourth-order valence-electron chi connectivity index (χ4n) is 10.1. The molecule has 0 unspecified atom stereocenters. The zero-order chi connectivity index (χ0) is 38.1. The Morgan fingerprint density at radius 3 is 1.21 bits per heavy atom. The first-order valence-corrected chi connectivity index (χ1v) is 20.8. The summed E-state index contributed by atoms with van der Waals surface area (Å²) in [7, 11) is 0. The Labute approximate surface area is 342 Å². The zero-order valence-corrected chi connectivity index (χ0v) is 33.0. The van der Waals surface area contributed by atoms with Gasteiger partial charge in [0.1, 0.15) is 0 Å². The minimum absolute atomic E-state index is 0.963. The van der Waals surface area contributed by atoms with Crippen LogP contribution in [0.2, 0.25) is 0 Å². The average molecular weight is 805 g/mol. The number of rotatable bonds is 3. The summed E-state index contributed by atoms with van der Waals surface area (Å²) >= 11 is 3.69. The SMILES string of the molecule is Brc1ccc2c(c1)Cc1cc3ccc(-n4c5ccc(-n6c7ccccc7c7ccccc76)cc5c5cc(-n6c7ccccc7c7ccccc76)ccc54)cc3cc1C2. The van der Waals surface area contributed by atoms with Crippen LogP contribution >= 0.6 is 15.9 Å². The van der Waals surface area contributed by atoms with Crippen molar-refractivity contribution in [2.75, 3.05) is 0 Å². The van der Waals surface area contributed by atoms with Gasteiger partial charge in [-0.15, -0.1) is 0 Å². The molecule has 0 saturated carbocycles. The molecule has 0 radical (unpaired) electrons. The Morgan fingerprint density at radius 1 is 0.293 bits per heavy atom. The van der Waals surface area contributed by atoms with Crippen molar-refractivity contribution in [3.05, 3.63) is 209 Å². The molecule has 0 fully saturated rings. The molecule has 0 spiro atoms. The van der Waals surface area contributed by atoms with Gasteiger partial charge < -0.3 is 13.7 Å². The maximum Gasteiger partial charge on any atom is 0.0542 e. The molecular weight excluding hydrogens is 771 g/mol. The number of para-hydroxylation sites is 4. The second-order valence-corrected chi connectivity index (χ2v) is 16.8. The summed E-state index contributed by atoms with van der Waals surface area (Å²) in [5.41, 5.74) is 16.4. The van der Waals surface area contributed by atoms with E-state index in [4.69, 9.17) is 0 Å². The van der Waals surface area contributed by atoms with Crippen LogP contribution in [0.1, 0.15) is 22.3 Å². The van der Waals surface area contributed by atoms with Gasteiger partial charge in [-0.1, -0.05) is 113 Å². The van der Waals surface area contributed by atoms with Crippen LogP contribution in [0.3, 0.4) is 0 Å². The normalized spacial score (nSPS) is 12.8. The molecule has 9 aromatic carbocycles. The van der Waals surface area contributed by atoms with Gasteiger partial charge in [-0.3, -0.25) is 0 Å². The summed E-state index contributed by atoms with van der Waals surface area (Å²) in [4.78, 5) is 0. The number of benzene rings is 9. The summed E-state index contributed by atoms with van der Waals surface area (Å²) in [5, 5.41) is 10.1. The summed E-state index contributed by atoms with van der Waals surface area (Å²) < 4.78 is 8.48. The Morgan fingerprint density at radius 2 is 0.690 bits per heavy atom. The lowest BCUT2D eigenvalue weighted by Gasteiger charge is -2.21. The second kappa shape index (κ2) is 12.1. The van der Waals surface area contributed by atoms with Crippen molar-refractivity contribution in [2.45, 2.75) is 12.8 Å². The van der Waals surface area contributed by atoms with E-state index >= 15 is 0 Å². The van der Waals surface area contributed by atoms with Gasteiger partial charge in [0.2, 0.25) is 0 Å². The average Bonchev–Trinajstić information content (AvgIpc) is 3.90. The van der Waals surface area contributed by atoms with Crippen LogP contribution in [0.4, 0.5) is 0 Å². The number of aromatic nitrogens is 3. The molecule has 0 N–H and O–H groups in total. The van der Waals surface area contributed by atoms with E-state index in [1.54, 1.807) is 0 Å². The fraction of sp³-hybridized carbons (Fsp3) is 0.0370. The molecule has 0 amide bonds. The van der Waals surface area contributed by atoms with E-state index in [1.807, 2.05) is 0 Å². The van der Waals surface area contributed by atoms with Crippen LogP contribution in [-0.4, -0.2) is 13.7 Å². The van der Waals surface area contributed by atoms with Gasteiger partial charge in [0.05, 0.1) is 33.1 Å². The van der Waals surface area contributed by atoms with E-state index in [0.29, 0.717) is 0 Å².